The number of amides is 1. The minimum Gasteiger partial charge on any atom is -0.478 e. The summed E-state index contributed by atoms with van der Waals surface area (Å²) >= 11 is 3.28. The maximum Gasteiger partial charge on any atom is 0.335 e. The van der Waals surface area contributed by atoms with Gasteiger partial charge in [-0.05, 0) is 64.8 Å². The molecule has 0 spiro atoms. The molecule has 0 aromatic heterocycles. The SMILES string of the molecule is Cc1cc(C(=O)Nc2cc(C(=O)O)ccc2Br)ccc1N. The number of rotatable bonds is 3. The molecule has 0 saturated carbocycles. The second kappa shape index (κ2) is 5.97. The normalized spacial score (nSPS) is 10.2. The number of carboxylic acid groups (broad SMARTS) is 1. The predicted octanol–water partition coefficient (Wildman–Crippen LogP) is 3.29. The van der Waals surface area contributed by atoms with E-state index in [1.54, 1.807) is 24.3 Å². The minimum absolute atomic E-state index is 0.0991. The van der Waals surface area contributed by atoms with Gasteiger partial charge >= 0.3 is 5.97 Å². The van der Waals surface area contributed by atoms with Crippen LogP contribution in [0, 0.1) is 6.92 Å². The molecule has 0 bridgehead atoms. The molecule has 0 heterocycles. The van der Waals surface area contributed by atoms with Crippen LogP contribution in [-0.4, -0.2) is 17.0 Å². The maximum atomic E-state index is 12.2. The van der Waals surface area contributed by atoms with E-state index in [0.29, 0.717) is 21.4 Å². The van der Waals surface area contributed by atoms with Crippen LogP contribution in [0.15, 0.2) is 40.9 Å². The topological polar surface area (TPSA) is 92.4 Å². The van der Waals surface area contributed by atoms with Crippen LogP contribution < -0.4 is 11.1 Å². The highest BCUT2D eigenvalue weighted by atomic mass is 79.9. The number of anilines is 2. The van der Waals surface area contributed by atoms with Gasteiger partial charge in [0, 0.05) is 15.7 Å². The fraction of sp³-hybridized carbons (Fsp3) is 0.0667. The highest BCUT2D eigenvalue weighted by Gasteiger charge is 2.12. The number of nitrogen functional groups attached to an aromatic ring is 1. The van der Waals surface area contributed by atoms with Crippen molar-refractivity contribution in [2.75, 3.05) is 11.1 Å². The van der Waals surface area contributed by atoms with Gasteiger partial charge in [0.1, 0.15) is 0 Å². The molecule has 0 aliphatic carbocycles. The third-order valence-electron chi connectivity index (χ3n) is 2.99. The van der Waals surface area contributed by atoms with Gasteiger partial charge in [0.25, 0.3) is 5.91 Å². The van der Waals surface area contributed by atoms with E-state index >= 15 is 0 Å². The maximum absolute atomic E-state index is 12.2. The summed E-state index contributed by atoms with van der Waals surface area (Å²) in [6.07, 6.45) is 0. The molecule has 0 atom stereocenters. The zero-order valence-corrected chi connectivity index (χ0v) is 12.8. The van der Waals surface area contributed by atoms with E-state index < -0.39 is 5.97 Å². The number of benzene rings is 2. The molecule has 0 unspecified atom stereocenters. The van der Waals surface area contributed by atoms with Gasteiger partial charge in [0.05, 0.1) is 11.3 Å². The lowest BCUT2D eigenvalue weighted by Gasteiger charge is -2.09. The van der Waals surface area contributed by atoms with E-state index in [-0.39, 0.29) is 11.5 Å². The van der Waals surface area contributed by atoms with Gasteiger partial charge in [0.2, 0.25) is 0 Å². The highest BCUT2D eigenvalue weighted by Crippen LogP contribution is 2.24. The molecule has 2 aromatic rings. The molecule has 0 radical (unpaired) electrons. The molecule has 0 aliphatic heterocycles. The smallest absolute Gasteiger partial charge is 0.335 e. The Balaban J connectivity index is 2.28. The van der Waals surface area contributed by atoms with Crippen LogP contribution >= 0.6 is 15.9 Å². The Labute approximate surface area is 129 Å². The summed E-state index contributed by atoms with van der Waals surface area (Å²) in [6.45, 7) is 1.81. The van der Waals surface area contributed by atoms with Crippen molar-refractivity contribution >= 4 is 39.2 Å². The van der Waals surface area contributed by atoms with Gasteiger partial charge in [-0.3, -0.25) is 4.79 Å². The second-order valence-corrected chi connectivity index (χ2v) is 5.38. The fourth-order valence-electron chi connectivity index (χ4n) is 1.77. The standard InChI is InChI=1S/C15H13BrN2O3/c1-8-6-9(3-5-12(8)17)14(19)18-13-7-10(15(20)21)2-4-11(13)16/h2-7H,17H2,1H3,(H,18,19)(H,20,21). The van der Waals surface area contributed by atoms with Crippen LogP contribution in [0.5, 0.6) is 0 Å². The number of carboxylic acids is 1. The molecule has 2 aromatic carbocycles. The van der Waals surface area contributed by atoms with Crippen LogP contribution in [0.1, 0.15) is 26.3 Å². The van der Waals surface area contributed by atoms with Crippen LogP contribution in [0.4, 0.5) is 11.4 Å². The summed E-state index contributed by atoms with van der Waals surface area (Å²) in [5.74, 6) is -1.39. The minimum atomic E-state index is -1.05. The van der Waals surface area contributed by atoms with Gasteiger partial charge in [-0.15, -0.1) is 0 Å². The molecule has 6 heteroatoms. The summed E-state index contributed by atoms with van der Waals surface area (Å²) in [5, 5.41) is 11.7. The van der Waals surface area contributed by atoms with Crippen molar-refractivity contribution < 1.29 is 14.7 Å². The van der Waals surface area contributed by atoms with Crippen LogP contribution in [0.3, 0.4) is 0 Å². The lowest BCUT2D eigenvalue weighted by molar-refractivity contribution is 0.0696. The highest BCUT2D eigenvalue weighted by molar-refractivity contribution is 9.10. The number of carbonyl (C=O) groups is 2. The third kappa shape index (κ3) is 3.41. The van der Waals surface area contributed by atoms with Gasteiger partial charge in [-0.1, -0.05) is 0 Å². The Kier molecular flexibility index (Phi) is 4.28. The molecule has 21 heavy (non-hydrogen) atoms. The zero-order valence-electron chi connectivity index (χ0n) is 11.2. The average Bonchev–Trinajstić information content (AvgIpc) is 2.43. The van der Waals surface area contributed by atoms with Crippen molar-refractivity contribution in [2.24, 2.45) is 0 Å². The summed E-state index contributed by atoms with van der Waals surface area (Å²) in [5.41, 5.74) is 8.08. The molecule has 108 valence electrons. The Bertz CT molecular complexity index is 729. The molecule has 1 amide bonds. The van der Waals surface area contributed by atoms with Crippen molar-refractivity contribution in [3.8, 4) is 0 Å². The van der Waals surface area contributed by atoms with E-state index in [9.17, 15) is 9.59 Å². The molecule has 5 nitrogen and oxygen atoms in total. The van der Waals surface area contributed by atoms with E-state index in [1.807, 2.05) is 6.92 Å². The summed E-state index contributed by atoms with van der Waals surface area (Å²) in [4.78, 5) is 23.2. The first-order chi connectivity index (χ1) is 9.88. The lowest BCUT2D eigenvalue weighted by atomic mass is 10.1. The van der Waals surface area contributed by atoms with Gasteiger partial charge in [-0.25, -0.2) is 4.79 Å². The number of halogens is 1. The first-order valence-corrected chi connectivity index (χ1v) is 6.88. The van der Waals surface area contributed by atoms with Crippen LogP contribution in [0.2, 0.25) is 0 Å². The van der Waals surface area contributed by atoms with Crippen molar-refractivity contribution in [1.82, 2.24) is 0 Å². The van der Waals surface area contributed by atoms with Crippen molar-refractivity contribution in [3.05, 3.63) is 57.6 Å². The van der Waals surface area contributed by atoms with Crippen LogP contribution in [0.25, 0.3) is 0 Å². The summed E-state index contributed by atoms with van der Waals surface area (Å²) in [7, 11) is 0. The van der Waals surface area contributed by atoms with Crippen molar-refractivity contribution in [3.63, 3.8) is 0 Å². The molecular weight excluding hydrogens is 336 g/mol. The molecule has 0 fully saturated rings. The van der Waals surface area contributed by atoms with E-state index in [1.165, 1.54) is 12.1 Å². The van der Waals surface area contributed by atoms with E-state index in [4.69, 9.17) is 10.8 Å². The molecule has 0 saturated heterocycles. The van der Waals surface area contributed by atoms with Crippen LogP contribution in [-0.2, 0) is 0 Å². The molecular formula is C15H13BrN2O3. The Morgan fingerprint density at radius 2 is 1.81 bits per heavy atom. The lowest BCUT2D eigenvalue weighted by Crippen LogP contribution is -2.13. The summed E-state index contributed by atoms with van der Waals surface area (Å²) < 4.78 is 0.605. The van der Waals surface area contributed by atoms with E-state index in [2.05, 4.69) is 21.2 Å². The quantitative estimate of drug-likeness (QED) is 0.742. The fourth-order valence-corrected chi connectivity index (χ4v) is 2.11. The van der Waals surface area contributed by atoms with E-state index in [0.717, 1.165) is 5.56 Å². The Morgan fingerprint density at radius 1 is 1.14 bits per heavy atom. The number of nitrogens with two attached hydrogens (primary N) is 1. The molecule has 4 N–H and O–H groups in total. The number of carbonyl (C=O) groups excluding carboxylic acids is 1. The molecule has 2 rings (SSSR count). The van der Waals surface area contributed by atoms with Gasteiger partial charge in [0.15, 0.2) is 0 Å². The first kappa shape index (κ1) is 15.1. The Hall–Kier alpha value is -2.34. The summed E-state index contributed by atoms with van der Waals surface area (Å²) in [6, 6.07) is 9.39. The number of hydrogen-bond acceptors (Lipinski definition) is 3. The monoisotopic (exact) mass is 348 g/mol. The van der Waals surface area contributed by atoms with Crippen molar-refractivity contribution in [1.29, 1.82) is 0 Å². The van der Waals surface area contributed by atoms with Gasteiger partial charge in [-0.2, -0.15) is 0 Å². The number of nitrogens with one attached hydrogen (secondary N) is 1. The van der Waals surface area contributed by atoms with Crippen molar-refractivity contribution in [2.45, 2.75) is 6.92 Å². The largest absolute Gasteiger partial charge is 0.478 e. The second-order valence-electron chi connectivity index (χ2n) is 4.53. The number of aryl methyl sites for hydroxylation is 1. The van der Waals surface area contributed by atoms with Gasteiger partial charge < -0.3 is 16.2 Å². The zero-order chi connectivity index (χ0) is 15.6. The Morgan fingerprint density at radius 3 is 2.43 bits per heavy atom. The average molecular weight is 349 g/mol. The predicted molar refractivity (Wildman–Crippen MR) is 84.6 cm³/mol. The molecule has 0 aliphatic rings. The number of hydrogen-bond donors (Lipinski definition) is 3. The third-order valence-corrected chi connectivity index (χ3v) is 3.69. The first-order valence-electron chi connectivity index (χ1n) is 6.09. The number of aromatic carboxylic acids is 1.